The number of nitrogens with one attached hydrogen (secondary N) is 1. The fraction of sp³-hybridized carbons (Fsp3) is 0.167. The second kappa shape index (κ2) is 9.94. The van der Waals surface area contributed by atoms with Crippen molar-refractivity contribution in [3.8, 4) is 0 Å². The zero-order valence-corrected chi connectivity index (χ0v) is 20.1. The van der Waals surface area contributed by atoms with Crippen molar-refractivity contribution < 1.29 is 14.3 Å². The molecular formula is C30H28N2O3. The van der Waals surface area contributed by atoms with Crippen LogP contribution >= 0.6 is 0 Å². The van der Waals surface area contributed by atoms with E-state index in [9.17, 15) is 9.59 Å². The smallest absolute Gasteiger partial charge is 0.342 e. The van der Waals surface area contributed by atoms with E-state index in [1.165, 1.54) is 0 Å². The highest BCUT2D eigenvalue weighted by atomic mass is 16.6. The largest absolute Gasteiger partial charge is 0.456 e. The van der Waals surface area contributed by atoms with Gasteiger partial charge in [-0.25, -0.2) is 9.78 Å². The van der Waals surface area contributed by atoms with Crippen LogP contribution in [0.4, 0.5) is 5.82 Å². The number of hydrogen-bond donors (Lipinski definition) is 1. The van der Waals surface area contributed by atoms with Crippen LogP contribution in [0.2, 0.25) is 0 Å². The molecule has 35 heavy (non-hydrogen) atoms. The van der Waals surface area contributed by atoms with Crippen LogP contribution in [0.1, 0.15) is 47.8 Å². The number of benzene rings is 3. The topological polar surface area (TPSA) is 68.3 Å². The Kier molecular flexibility index (Phi) is 6.78. The number of hydrogen-bond acceptors (Lipinski definition) is 4. The maximum Gasteiger partial charge on any atom is 0.342 e. The molecule has 0 aliphatic carbocycles. The Labute approximate surface area is 205 Å². The molecule has 4 aromatic rings. The minimum atomic E-state index is -1.19. The van der Waals surface area contributed by atoms with Crippen LogP contribution in [0.15, 0.2) is 109 Å². The lowest BCUT2D eigenvalue weighted by molar-refractivity contribution is -0.119. The second-order valence-corrected chi connectivity index (χ2v) is 9.20. The van der Waals surface area contributed by atoms with Crippen molar-refractivity contribution in [1.29, 1.82) is 0 Å². The lowest BCUT2D eigenvalue weighted by atomic mass is 9.68. The number of anilines is 1. The number of nitrogens with zero attached hydrogens (tertiary/aromatic N) is 1. The van der Waals surface area contributed by atoms with Gasteiger partial charge in [0.25, 0.3) is 0 Å². The first-order valence-corrected chi connectivity index (χ1v) is 11.5. The van der Waals surface area contributed by atoms with Gasteiger partial charge >= 0.3 is 5.97 Å². The predicted molar refractivity (Wildman–Crippen MR) is 137 cm³/mol. The molecule has 0 atom stereocenters. The van der Waals surface area contributed by atoms with Gasteiger partial charge in [-0.15, -0.1) is 0 Å². The lowest BCUT2D eigenvalue weighted by Gasteiger charge is -2.34. The molecule has 4 rings (SSSR count). The van der Waals surface area contributed by atoms with Gasteiger partial charge in [0, 0.05) is 6.20 Å². The summed E-state index contributed by atoms with van der Waals surface area (Å²) in [6.07, 6.45) is 1.54. The molecule has 0 aliphatic heterocycles. The molecule has 1 N–H and O–H groups in total. The molecule has 0 aliphatic rings. The third-order valence-electron chi connectivity index (χ3n) is 5.62. The van der Waals surface area contributed by atoms with Gasteiger partial charge in [0.1, 0.15) is 22.4 Å². The third-order valence-corrected chi connectivity index (χ3v) is 5.62. The molecule has 0 fully saturated rings. The molecule has 5 heteroatoms. The maximum atomic E-state index is 14.4. The first-order chi connectivity index (χ1) is 16.8. The fourth-order valence-electron chi connectivity index (χ4n) is 4.16. The van der Waals surface area contributed by atoms with Gasteiger partial charge in [0.15, 0.2) is 0 Å². The Balaban J connectivity index is 1.88. The Hall–Kier alpha value is -4.25. The first kappa shape index (κ1) is 23.9. The third kappa shape index (κ3) is 4.99. The van der Waals surface area contributed by atoms with Gasteiger partial charge in [-0.1, -0.05) is 91.0 Å². The van der Waals surface area contributed by atoms with Crippen LogP contribution in [0.25, 0.3) is 0 Å². The van der Waals surface area contributed by atoms with Gasteiger partial charge in [0.05, 0.1) is 0 Å². The molecule has 1 aromatic heterocycles. The highest BCUT2D eigenvalue weighted by Gasteiger charge is 2.44. The molecule has 0 bridgehead atoms. The summed E-state index contributed by atoms with van der Waals surface area (Å²) in [6.45, 7) is 5.39. The van der Waals surface area contributed by atoms with Crippen molar-refractivity contribution in [3.63, 3.8) is 0 Å². The molecule has 0 unspecified atom stereocenters. The molecular weight excluding hydrogens is 436 g/mol. The minimum absolute atomic E-state index is 0.152. The van der Waals surface area contributed by atoms with Crippen molar-refractivity contribution in [2.45, 2.75) is 31.8 Å². The molecule has 0 saturated carbocycles. The average molecular weight is 465 g/mol. The zero-order chi connectivity index (χ0) is 24.9. The first-order valence-electron chi connectivity index (χ1n) is 11.5. The normalized spacial score (nSPS) is 11.5. The Morgan fingerprint density at radius 3 is 1.57 bits per heavy atom. The van der Waals surface area contributed by atoms with E-state index in [-0.39, 0.29) is 17.3 Å². The highest BCUT2D eigenvalue weighted by molar-refractivity contribution is 6.07. The summed E-state index contributed by atoms with van der Waals surface area (Å²) in [5, 5.41) is 2.96. The van der Waals surface area contributed by atoms with Gasteiger partial charge in [-0.2, -0.15) is 0 Å². The molecule has 0 spiro atoms. The van der Waals surface area contributed by atoms with E-state index in [1.807, 2.05) is 91.0 Å². The lowest BCUT2D eigenvalue weighted by Crippen LogP contribution is -2.43. The molecule has 0 radical (unpaired) electrons. The molecule has 1 amide bonds. The summed E-state index contributed by atoms with van der Waals surface area (Å²) in [6, 6.07) is 32.1. The van der Waals surface area contributed by atoms with Crippen molar-refractivity contribution in [3.05, 3.63) is 132 Å². The van der Waals surface area contributed by atoms with E-state index in [2.05, 4.69) is 10.3 Å². The number of ether oxygens (including phenoxy) is 1. The van der Waals surface area contributed by atoms with Crippen molar-refractivity contribution in [2.24, 2.45) is 0 Å². The van der Waals surface area contributed by atoms with Crippen LogP contribution in [0.3, 0.4) is 0 Å². The van der Waals surface area contributed by atoms with Crippen molar-refractivity contribution in [2.75, 3.05) is 5.32 Å². The van der Waals surface area contributed by atoms with E-state index >= 15 is 0 Å². The van der Waals surface area contributed by atoms with Gasteiger partial charge in [0.2, 0.25) is 5.91 Å². The number of rotatable bonds is 6. The van der Waals surface area contributed by atoms with E-state index < -0.39 is 17.0 Å². The van der Waals surface area contributed by atoms with Crippen LogP contribution in [-0.4, -0.2) is 22.5 Å². The summed E-state index contributed by atoms with van der Waals surface area (Å²) < 4.78 is 5.56. The molecule has 3 aromatic carbocycles. The second-order valence-electron chi connectivity index (χ2n) is 9.20. The highest BCUT2D eigenvalue weighted by Crippen LogP contribution is 2.40. The number of pyridine rings is 1. The van der Waals surface area contributed by atoms with Crippen molar-refractivity contribution >= 4 is 17.7 Å². The monoisotopic (exact) mass is 464 g/mol. The van der Waals surface area contributed by atoms with Crippen molar-refractivity contribution in [1.82, 2.24) is 4.98 Å². The minimum Gasteiger partial charge on any atom is -0.456 e. The number of carbonyl (C=O) groups is 2. The number of esters is 1. The summed E-state index contributed by atoms with van der Waals surface area (Å²) in [4.78, 5) is 31.6. The van der Waals surface area contributed by atoms with E-state index in [4.69, 9.17) is 4.74 Å². The van der Waals surface area contributed by atoms with Crippen LogP contribution in [0.5, 0.6) is 0 Å². The number of amides is 1. The Morgan fingerprint density at radius 2 is 1.14 bits per heavy atom. The molecule has 1 heterocycles. The van der Waals surface area contributed by atoms with Gasteiger partial charge < -0.3 is 10.1 Å². The Bertz CT molecular complexity index is 1200. The molecule has 176 valence electrons. The average Bonchev–Trinajstić information content (AvgIpc) is 2.86. The van der Waals surface area contributed by atoms with E-state index in [0.29, 0.717) is 0 Å². The molecule has 5 nitrogen and oxygen atoms in total. The summed E-state index contributed by atoms with van der Waals surface area (Å²) in [7, 11) is 0. The van der Waals surface area contributed by atoms with Crippen LogP contribution in [-0.2, 0) is 14.9 Å². The predicted octanol–water partition coefficient (Wildman–Crippen LogP) is 6.01. The Morgan fingerprint density at radius 1 is 0.686 bits per heavy atom. The quantitative estimate of drug-likeness (QED) is 0.280. The SMILES string of the molecule is CC(C)(C)OC(=O)c1cccnc1NC(=O)C(c1ccccc1)(c1ccccc1)c1ccccc1. The summed E-state index contributed by atoms with van der Waals surface area (Å²) in [5.74, 6) is -0.728. The fourth-order valence-corrected chi connectivity index (χ4v) is 4.16. The maximum absolute atomic E-state index is 14.4. The van der Waals surface area contributed by atoms with Crippen LogP contribution < -0.4 is 5.32 Å². The van der Waals surface area contributed by atoms with Crippen LogP contribution in [0, 0.1) is 0 Å². The number of aromatic nitrogens is 1. The summed E-state index contributed by atoms with van der Waals surface area (Å²) >= 11 is 0. The number of carbonyl (C=O) groups excluding carboxylic acids is 2. The zero-order valence-electron chi connectivity index (χ0n) is 20.1. The van der Waals surface area contributed by atoms with Gasteiger partial charge in [-0.3, -0.25) is 4.79 Å². The van der Waals surface area contributed by atoms with E-state index in [1.54, 1.807) is 39.1 Å². The summed E-state index contributed by atoms with van der Waals surface area (Å²) in [5.41, 5.74) is 0.709. The van der Waals surface area contributed by atoms with E-state index in [0.717, 1.165) is 16.7 Å². The molecule has 0 saturated heterocycles. The van der Waals surface area contributed by atoms with Gasteiger partial charge in [-0.05, 0) is 49.6 Å². The standard InChI is InChI=1S/C30H28N2O3/c1-29(2,3)35-27(33)25-20-13-21-31-26(25)32-28(34)30(22-14-7-4-8-15-22,23-16-9-5-10-17-23)24-18-11-6-12-19-24/h4-21H,1-3H3,(H,31,32,34).